The number of carbonyl (C=O) groups is 1. The minimum atomic E-state index is 0.0433. The summed E-state index contributed by atoms with van der Waals surface area (Å²) in [5, 5.41) is 0. The molecule has 2 aliphatic rings. The summed E-state index contributed by atoms with van der Waals surface area (Å²) in [7, 11) is 0. The van der Waals surface area contributed by atoms with Crippen molar-refractivity contribution in [3.05, 3.63) is 23.8 Å². The average molecular weight is 262 g/mol. The fourth-order valence-corrected chi connectivity index (χ4v) is 2.79. The fraction of sp³-hybridized carbons (Fsp3) is 0.500. The Labute approximate surface area is 112 Å². The number of amides is 1. The van der Waals surface area contributed by atoms with E-state index in [2.05, 4.69) is 6.92 Å². The highest BCUT2D eigenvalue weighted by molar-refractivity contribution is 5.95. The predicted molar refractivity (Wildman–Crippen MR) is 70.2 cm³/mol. The molecule has 0 saturated carbocycles. The van der Waals surface area contributed by atoms with E-state index in [4.69, 9.17) is 15.2 Å². The first-order chi connectivity index (χ1) is 9.19. The summed E-state index contributed by atoms with van der Waals surface area (Å²) in [6.45, 7) is 3.67. The smallest absolute Gasteiger partial charge is 0.254 e. The Bertz CT molecular complexity index is 503. The van der Waals surface area contributed by atoms with Gasteiger partial charge in [0.25, 0.3) is 5.91 Å². The molecule has 2 atom stereocenters. The molecule has 1 aromatic carbocycles. The van der Waals surface area contributed by atoms with E-state index in [1.807, 2.05) is 4.90 Å². The van der Waals surface area contributed by atoms with E-state index < -0.39 is 0 Å². The Morgan fingerprint density at radius 2 is 2.21 bits per heavy atom. The number of ether oxygens (including phenoxy) is 2. The molecule has 1 fully saturated rings. The summed E-state index contributed by atoms with van der Waals surface area (Å²) >= 11 is 0. The van der Waals surface area contributed by atoms with Crippen molar-refractivity contribution in [3.8, 4) is 11.5 Å². The van der Waals surface area contributed by atoms with Crippen molar-refractivity contribution in [1.82, 2.24) is 4.90 Å². The minimum Gasteiger partial charge on any atom is -0.454 e. The van der Waals surface area contributed by atoms with Gasteiger partial charge in [-0.3, -0.25) is 4.79 Å². The van der Waals surface area contributed by atoms with Crippen LogP contribution < -0.4 is 15.2 Å². The van der Waals surface area contributed by atoms with Crippen LogP contribution >= 0.6 is 0 Å². The van der Waals surface area contributed by atoms with E-state index in [0.717, 1.165) is 13.0 Å². The second-order valence-electron chi connectivity index (χ2n) is 5.21. The van der Waals surface area contributed by atoms with E-state index >= 15 is 0 Å². The fourth-order valence-electron chi connectivity index (χ4n) is 2.79. The van der Waals surface area contributed by atoms with Crippen molar-refractivity contribution in [2.75, 3.05) is 19.9 Å². The quantitative estimate of drug-likeness (QED) is 0.870. The van der Waals surface area contributed by atoms with Crippen LogP contribution in [0.5, 0.6) is 11.5 Å². The van der Waals surface area contributed by atoms with Gasteiger partial charge in [-0.1, -0.05) is 0 Å². The zero-order valence-electron chi connectivity index (χ0n) is 11.0. The standard InChI is InChI=1S/C14H18N2O3/c1-9-4-10(6-15)7-16(9)14(17)11-2-3-12-13(5-11)19-8-18-12/h2-3,5,9-10H,4,6-8,15H2,1H3. The van der Waals surface area contributed by atoms with E-state index in [1.54, 1.807) is 18.2 Å². The number of carbonyl (C=O) groups excluding carboxylic acids is 1. The summed E-state index contributed by atoms with van der Waals surface area (Å²) in [6, 6.07) is 5.58. The van der Waals surface area contributed by atoms with E-state index in [0.29, 0.717) is 29.5 Å². The van der Waals surface area contributed by atoms with E-state index in [1.165, 1.54) is 0 Å². The van der Waals surface area contributed by atoms with Crippen molar-refractivity contribution in [1.29, 1.82) is 0 Å². The number of likely N-dealkylation sites (tertiary alicyclic amines) is 1. The lowest BCUT2D eigenvalue weighted by atomic mass is 10.1. The van der Waals surface area contributed by atoms with Gasteiger partial charge in [0.15, 0.2) is 11.5 Å². The molecule has 19 heavy (non-hydrogen) atoms. The topological polar surface area (TPSA) is 64.8 Å². The number of benzene rings is 1. The molecule has 1 amide bonds. The zero-order chi connectivity index (χ0) is 13.4. The van der Waals surface area contributed by atoms with Gasteiger partial charge < -0.3 is 20.1 Å². The van der Waals surface area contributed by atoms with Crippen molar-refractivity contribution >= 4 is 5.91 Å². The Morgan fingerprint density at radius 1 is 1.42 bits per heavy atom. The maximum absolute atomic E-state index is 12.5. The lowest BCUT2D eigenvalue weighted by Gasteiger charge is -2.21. The van der Waals surface area contributed by atoms with Gasteiger partial charge >= 0.3 is 0 Å². The second-order valence-corrected chi connectivity index (χ2v) is 5.21. The number of hydrogen-bond acceptors (Lipinski definition) is 4. The second kappa shape index (κ2) is 4.74. The third kappa shape index (κ3) is 2.14. The largest absolute Gasteiger partial charge is 0.454 e. The molecule has 1 saturated heterocycles. The highest BCUT2D eigenvalue weighted by Crippen LogP contribution is 2.33. The molecular weight excluding hydrogens is 244 g/mol. The van der Waals surface area contributed by atoms with Gasteiger partial charge in [-0.25, -0.2) is 0 Å². The van der Waals surface area contributed by atoms with Gasteiger partial charge in [0.1, 0.15) is 0 Å². The zero-order valence-corrected chi connectivity index (χ0v) is 11.0. The molecule has 2 unspecified atom stereocenters. The van der Waals surface area contributed by atoms with Gasteiger partial charge in [0.05, 0.1) is 0 Å². The molecule has 2 heterocycles. The van der Waals surface area contributed by atoms with Crippen molar-refractivity contribution in [2.45, 2.75) is 19.4 Å². The summed E-state index contributed by atoms with van der Waals surface area (Å²) < 4.78 is 10.6. The third-order valence-electron chi connectivity index (χ3n) is 3.88. The Hall–Kier alpha value is -1.75. The molecule has 2 N–H and O–H groups in total. The Morgan fingerprint density at radius 3 is 2.95 bits per heavy atom. The first-order valence-corrected chi connectivity index (χ1v) is 6.59. The van der Waals surface area contributed by atoms with Crippen LogP contribution in [0.1, 0.15) is 23.7 Å². The lowest BCUT2D eigenvalue weighted by Crippen LogP contribution is -2.34. The van der Waals surface area contributed by atoms with E-state index in [9.17, 15) is 4.79 Å². The number of nitrogens with two attached hydrogens (primary N) is 1. The third-order valence-corrected chi connectivity index (χ3v) is 3.88. The molecular formula is C14H18N2O3. The van der Waals surface area contributed by atoms with Crippen LogP contribution in [-0.2, 0) is 0 Å². The minimum absolute atomic E-state index is 0.0433. The number of rotatable bonds is 2. The maximum atomic E-state index is 12.5. The van der Waals surface area contributed by atoms with Gasteiger partial charge in [0.2, 0.25) is 6.79 Å². The van der Waals surface area contributed by atoms with Crippen LogP contribution in [-0.4, -0.2) is 36.7 Å². The molecule has 2 aliphatic heterocycles. The number of fused-ring (bicyclic) bond motifs is 1. The van der Waals surface area contributed by atoms with Crippen LogP contribution in [0.25, 0.3) is 0 Å². The van der Waals surface area contributed by atoms with Crippen molar-refractivity contribution in [2.24, 2.45) is 11.7 Å². The molecule has 1 aromatic rings. The Kier molecular flexibility index (Phi) is 3.06. The highest BCUT2D eigenvalue weighted by Gasteiger charge is 2.32. The average Bonchev–Trinajstić information content (AvgIpc) is 3.02. The molecule has 0 radical (unpaired) electrons. The van der Waals surface area contributed by atoms with Crippen LogP contribution in [0.3, 0.4) is 0 Å². The van der Waals surface area contributed by atoms with Crippen molar-refractivity contribution < 1.29 is 14.3 Å². The molecule has 0 aliphatic carbocycles. The molecule has 102 valence electrons. The van der Waals surface area contributed by atoms with Crippen LogP contribution in [0.2, 0.25) is 0 Å². The number of hydrogen-bond donors (Lipinski definition) is 1. The van der Waals surface area contributed by atoms with E-state index in [-0.39, 0.29) is 18.7 Å². The predicted octanol–water partition coefficient (Wildman–Crippen LogP) is 1.22. The Balaban J connectivity index is 1.80. The van der Waals surface area contributed by atoms with Crippen LogP contribution in [0.4, 0.5) is 0 Å². The van der Waals surface area contributed by atoms with Gasteiger partial charge in [-0.15, -0.1) is 0 Å². The summed E-state index contributed by atoms with van der Waals surface area (Å²) in [6.07, 6.45) is 0.979. The molecule has 5 nitrogen and oxygen atoms in total. The van der Waals surface area contributed by atoms with Crippen LogP contribution in [0.15, 0.2) is 18.2 Å². The molecule has 5 heteroatoms. The monoisotopic (exact) mass is 262 g/mol. The summed E-state index contributed by atoms with van der Waals surface area (Å²) in [5.74, 6) is 1.80. The lowest BCUT2D eigenvalue weighted by molar-refractivity contribution is 0.0743. The SMILES string of the molecule is CC1CC(CN)CN1C(=O)c1ccc2c(c1)OCO2. The van der Waals surface area contributed by atoms with Gasteiger partial charge in [-0.2, -0.15) is 0 Å². The van der Waals surface area contributed by atoms with Crippen molar-refractivity contribution in [3.63, 3.8) is 0 Å². The first-order valence-electron chi connectivity index (χ1n) is 6.59. The van der Waals surface area contributed by atoms with Gasteiger partial charge in [0, 0.05) is 18.2 Å². The normalized spacial score (nSPS) is 24.8. The van der Waals surface area contributed by atoms with Gasteiger partial charge in [-0.05, 0) is 44.0 Å². The summed E-state index contributed by atoms with van der Waals surface area (Å²) in [5.41, 5.74) is 6.34. The highest BCUT2D eigenvalue weighted by atomic mass is 16.7. The molecule has 0 aromatic heterocycles. The number of nitrogens with zero attached hydrogens (tertiary/aromatic N) is 1. The van der Waals surface area contributed by atoms with Crippen LogP contribution in [0, 0.1) is 5.92 Å². The molecule has 3 rings (SSSR count). The molecule has 0 bridgehead atoms. The summed E-state index contributed by atoms with van der Waals surface area (Å²) in [4.78, 5) is 14.4. The first kappa shape index (κ1) is 12.3. The maximum Gasteiger partial charge on any atom is 0.254 e. The molecule has 0 spiro atoms.